The number of amides is 1. The van der Waals surface area contributed by atoms with Crippen molar-refractivity contribution in [3.05, 3.63) is 54.1 Å². The highest BCUT2D eigenvalue weighted by Gasteiger charge is 2.15. The molecule has 0 unspecified atom stereocenters. The number of ether oxygens (including phenoxy) is 1. The molecule has 1 amide bonds. The highest BCUT2D eigenvalue weighted by Crippen LogP contribution is 2.23. The minimum absolute atomic E-state index is 0.107. The highest BCUT2D eigenvalue weighted by atomic mass is 16.5. The van der Waals surface area contributed by atoms with E-state index in [4.69, 9.17) is 4.74 Å². The molecule has 4 nitrogen and oxygen atoms in total. The van der Waals surface area contributed by atoms with Crippen molar-refractivity contribution in [3.8, 4) is 5.75 Å². The van der Waals surface area contributed by atoms with Crippen LogP contribution >= 0.6 is 0 Å². The van der Waals surface area contributed by atoms with Gasteiger partial charge < -0.3 is 15.4 Å². The first-order chi connectivity index (χ1) is 11.0. The van der Waals surface area contributed by atoms with Gasteiger partial charge in [0, 0.05) is 5.69 Å². The lowest BCUT2D eigenvalue weighted by Crippen LogP contribution is -2.32. The van der Waals surface area contributed by atoms with E-state index in [9.17, 15) is 4.79 Å². The van der Waals surface area contributed by atoms with Gasteiger partial charge in [0.05, 0.1) is 12.8 Å². The topological polar surface area (TPSA) is 50.4 Å². The van der Waals surface area contributed by atoms with Crippen LogP contribution in [0, 0.1) is 0 Å². The molecule has 0 saturated heterocycles. The molecule has 0 radical (unpaired) electrons. The van der Waals surface area contributed by atoms with Gasteiger partial charge in [-0.25, -0.2) is 0 Å². The Bertz CT molecular complexity index is 668. The van der Waals surface area contributed by atoms with Crippen LogP contribution < -0.4 is 15.4 Å². The van der Waals surface area contributed by atoms with E-state index in [1.165, 1.54) is 5.56 Å². The average Bonchev–Trinajstić information content (AvgIpc) is 2.55. The molecule has 0 spiro atoms. The van der Waals surface area contributed by atoms with Gasteiger partial charge in [0.1, 0.15) is 11.8 Å². The summed E-state index contributed by atoms with van der Waals surface area (Å²) in [5, 5.41) is 6.13. The first kappa shape index (κ1) is 16.9. The second kappa shape index (κ2) is 7.68. The van der Waals surface area contributed by atoms with Crippen LogP contribution in [0.25, 0.3) is 0 Å². The molecule has 0 saturated carbocycles. The quantitative estimate of drug-likeness (QED) is 0.838. The van der Waals surface area contributed by atoms with E-state index >= 15 is 0 Å². The summed E-state index contributed by atoms with van der Waals surface area (Å²) in [6, 6.07) is 15.2. The SMILES string of the molecule is COc1ccccc1NC(=O)[C@H](C)Nc1cccc(C(C)C)c1. The number of carbonyl (C=O) groups is 1. The molecule has 0 aliphatic carbocycles. The summed E-state index contributed by atoms with van der Waals surface area (Å²) in [5.74, 6) is 0.994. The fraction of sp³-hybridized carbons (Fsp3) is 0.316. The first-order valence-electron chi connectivity index (χ1n) is 7.81. The molecule has 23 heavy (non-hydrogen) atoms. The molecule has 0 aromatic heterocycles. The van der Waals surface area contributed by atoms with Gasteiger partial charge in [-0.15, -0.1) is 0 Å². The summed E-state index contributed by atoms with van der Waals surface area (Å²) in [5.41, 5.74) is 2.86. The Morgan fingerprint density at radius 3 is 2.48 bits per heavy atom. The Balaban J connectivity index is 2.04. The predicted molar refractivity (Wildman–Crippen MR) is 95.2 cm³/mol. The van der Waals surface area contributed by atoms with Gasteiger partial charge in [-0.1, -0.05) is 38.1 Å². The number of hydrogen-bond donors (Lipinski definition) is 2. The Morgan fingerprint density at radius 1 is 1.04 bits per heavy atom. The van der Waals surface area contributed by atoms with Crippen molar-refractivity contribution in [2.75, 3.05) is 17.7 Å². The molecule has 0 aliphatic heterocycles. The third-order valence-electron chi connectivity index (χ3n) is 3.69. The largest absolute Gasteiger partial charge is 0.495 e. The van der Waals surface area contributed by atoms with E-state index in [0.29, 0.717) is 17.4 Å². The smallest absolute Gasteiger partial charge is 0.246 e. The molecule has 1 atom stereocenters. The zero-order chi connectivity index (χ0) is 16.8. The predicted octanol–water partition coefficient (Wildman–Crippen LogP) is 4.26. The van der Waals surface area contributed by atoms with Gasteiger partial charge in [-0.3, -0.25) is 4.79 Å². The summed E-state index contributed by atoms with van der Waals surface area (Å²) < 4.78 is 5.25. The second-order valence-corrected chi connectivity index (χ2v) is 5.84. The fourth-order valence-corrected chi connectivity index (χ4v) is 2.29. The lowest BCUT2D eigenvalue weighted by atomic mass is 10.0. The number of anilines is 2. The van der Waals surface area contributed by atoms with Crippen molar-refractivity contribution in [2.24, 2.45) is 0 Å². The molecular weight excluding hydrogens is 288 g/mol. The molecule has 2 rings (SSSR count). The summed E-state index contributed by atoms with van der Waals surface area (Å²) >= 11 is 0. The van der Waals surface area contributed by atoms with E-state index in [0.717, 1.165) is 5.69 Å². The van der Waals surface area contributed by atoms with E-state index in [1.54, 1.807) is 7.11 Å². The average molecular weight is 312 g/mol. The Hall–Kier alpha value is -2.49. The van der Waals surface area contributed by atoms with E-state index in [2.05, 4.69) is 36.6 Å². The molecule has 2 aromatic carbocycles. The summed E-state index contributed by atoms with van der Waals surface area (Å²) in [4.78, 5) is 12.4. The molecule has 2 aromatic rings. The maximum atomic E-state index is 12.4. The van der Waals surface area contributed by atoms with Crippen LogP contribution in [0.15, 0.2) is 48.5 Å². The number of nitrogens with one attached hydrogen (secondary N) is 2. The van der Waals surface area contributed by atoms with Crippen LogP contribution in [-0.4, -0.2) is 19.1 Å². The lowest BCUT2D eigenvalue weighted by molar-refractivity contribution is -0.116. The number of carbonyl (C=O) groups excluding carboxylic acids is 1. The van der Waals surface area contributed by atoms with Crippen molar-refractivity contribution < 1.29 is 9.53 Å². The Kier molecular flexibility index (Phi) is 5.63. The van der Waals surface area contributed by atoms with Crippen LogP contribution in [0.3, 0.4) is 0 Å². The minimum Gasteiger partial charge on any atom is -0.495 e. The maximum absolute atomic E-state index is 12.4. The van der Waals surface area contributed by atoms with E-state index in [1.807, 2.05) is 43.3 Å². The van der Waals surface area contributed by atoms with Gasteiger partial charge in [0.25, 0.3) is 0 Å². The van der Waals surface area contributed by atoms with Crippen molar-refractivity contribution in [2.45, 2.75) is 32.7 Å². The number of rotatable bonds is 6. The van der Waals surface area contributed by atoms with Gasteiger partial charge in [0.2, 0.25) is 5.91 Å². The van der Waals surface area contributed by atoms with Gasteiger partial charge in [-0.05, 0) is 42.7 Å². The van der Waals surface area contributed by atoms with Crippen molar-refractivity contribution in [1.82, 2.24) is 0 Å². The molecule has 4 heteroatoms. The Morgan fingerprint density at radius 2 is 1.78 bits per heavy atom. The van der Waals surface area contributed by atoms with E-state index < -0.39 is 0 Å². The lowest BCUT2D eigenvalue weighted by Gasteiger charge is -2.17. The number of hydrogen-bond acceptors (Lipinski definition) is 3. The maximum Gasteiger partial charge on any atom is 0.246 e. The highest BCUT2D eigenvalue weighted by molar-refractivity contribution is 5.97. The van der Waals surface area contributed by atoms with Gasteiger partial charge in [0.15, 0.2) is 0 Å². The normalized spacial score (nSPS) is 11.9. The third kappa shape index (κ3) is 4.49. The number of para-hydroxylation sites is 2. The van der Waals surface area contributed by atoms with Crippen LogP contribution in [0.1, 0.15) is 32.3 Å². The monoisotopic (exact) mass is 312 g/mol. The van der Waals surface area contributed by atoms with E-state index in [-0.39, 0.29) is 11.9 Å². The third-order valence-corrected chi connectivity index (χ3v) is 3.69. The first-order valence-corrected chi connectivity index (χ1v) is 7.81. The molecule has 0 bridgehead atoms. The van der Waals surface area contributed by atoms with Gasteiger partial charge >= 0.3 is 0 Å². The standard InChI is InChI=1S/C19H24N2O2/c1-13(2)15-8-7-9-16(12-15)20-14(3)19(22)21-17-10-5-6-11-18(17)23-4/h5-14,20H,1-4H3,(H,21,22)/t14-/m0/s1. The summed E-state index contributed by atoms with van der Waals surface area (Å²) in [6.07, 6.45) is 0. The molecule has 122 valence electrons. The van der Waals surface area contributed by atoms with Crippen LogP contribution in [-0.2, 0) is 4.79 Å². The zero-order valence-corrected chi connectivity index (χ0v) is 14.1. The number of methoxy groups -OCH3 is 1. The minimum atomic E-state index is -0.359. The molecule has 0 aliphatic rings. The van der Waals surface area contributed by atoms with Crippen molar-refractivity contribution in [3.63, 3.8) is 0 Å². The van der Waals surface area contributed by atoms with Crippen molar-refractivity contribution >= 4 is 17.3 Å². The van der Waals surface area contributed by atoms with Gasteiger partial charge in [-0.2, -0.15) is 0 Å². The summed E-state index contributed by atoms with van der Waals surface area (Å²) in [7, 11) is 1.59. The van der Waals surface area contributed by atoms with Crippen LogP contribution in [0.2, 0.25) is 0 Å². The molecule has 0 heterocycles. The molecule has 2 N–H and O–H groups in total. The second-order valence-electron chi connectivity index (χ2n) is 5.84. The van der Waals surface area contributed by atoms with Crippen molar-refractivity contribution in [1.29, 1.82) is 0 Å². The van der Waals surface area contributed by atoms with Crippen LogP contribution in [0.4, 0.5) is 11.4 Å². The molecular formula is C19H24N2O2. The zero-order valence-electron chi connectivity index (χ0n) is 14.1. The molecule has 0 fully saturated rings. The Labute approximate surface area is 137 Å². The van der Waals surface area contributed by atoms with Crippen LogP contribution in [0.5, 0.6) is 5.75 Å². The number of benzene rings is 2. The summed E-state index contributed by atoms with van der Waals surface area (Å²) in [6.45, 7) is 6.14. The fourth-order valence-electron chi connectivity index (χ4n) is 2.29.